The number of methoxy groups -OCH3 is 1. The number of ether oxygens (including phenoxy) is 1. The Balaban J connectivity index is 1.75. The minimum absolute atomic E-state index is 0.275. The number of rotatable bonds is 6. The Morgan fingerprint density at radius 3 is 3.05 bits per heavy atom. The van der Waals surface area contributed by atoms with Crippen molar-refractivity contribution in [1.82, 2.24) is 15.3 Å². The first-order chi connectivity index (χ1) is 10.2. The van der Waals surface area contributed by atoms with E-state index in [0.717, 1.165) is 36.5 Å². The average molecular weight is 287 g/mol. The summed E-state index contributed by atoms with van der Waals surface area (Å²) >= 11 is 0. The molecule has 2 aromatic rings. The van der Waals surface area contributed by atoms with Crippen LogP contribution >= 0.6 is 0 Å². The van der Waals surface area contributed by atoms with Gasteiger partial charge < -0.3 is 19.8 Å². The van der Waals surface area contributed by atoms with E-state index in [1.165, 1.54) is 7.11 Å². The molecule has 1 unspecified atom stereocenters. The summed E-state index contributed by atoms with van der Waals surface area (Å²) in [6.07, 6.45) is 5.48. The molecule has 1 fully saturated rings. The van der Waals surface area contributed by atoms with Gasteiger partial charge in [0.15, 0.2) is 0 Å². The van der Waals surface area contributed by atoms with Crippen LogP contribution in [0.2, 0.25) is 0 Å². The number of nitrogens with zero attached hydrogens (tertiary/aromatic N) is 1. The molecular weight excluding hydrogens is 270 g/mol. The fraction of sp³-hybridized carbons (Fsp3) is 0.400. The third-order valence-corrected chi connectivity index (χ3v) is 3.70. The van der Waals surface area contributed by atoms with E-state index in [1.54, 1.807) is 18.3 Å². The highest BCUT2D eigenvalue weighted by Gasteiger charge is 2.26. The minimum atomic E-state index is -0.413. The van der Waals surface area contributed by atoms with Crippen molar-refractivity contribution in [3.63, 3.8) is 0 Å². The lowest BCUT2D eigenvalue weighted by atomic mass is 10.1. The molecule has 3 rings (SSSR count). The lowest BCUT2D eigenvalue weighted by molar-refractivity contribution is -0.109. The van der Waals surface area contributed by atoms with Crippen molar-refractivity contribution in [3.8, 4) is 5.88 Å². The predicted molar refractivity (Wildman–Crippen MR) is 77.3 cm³/mol. The number of hydrogen-bond acceptors (Lipinski definition) is 4. The summed E-state index contributed by atoms with van der Waals surface area (Å²) in [6, 6.07) is 3.04. The normalized spacial score (nSPS) is 15.7. The van der Waals surface area contributed by atoms with Gasteiger partial charge in [0.05, 0.1) is 18.7 Å². The lowest BCUT2D eigenvalue weighted by Gasteiger charge is -2.11. The molecule has 21 heavy (non-hydrogen) atoms. The Hall–Kier alpha value is -2.37. The maximum atomic E-state index is 12.2. The molecule has 2 N–H and O–H groups in total. The maximum absolute atomic E-state index is 12.2. The number of nitrogens with one attached hydrogen (secondary N) is 2. The number of carbonyl (C=O) groups excluding carboxylic acids is 2. The molecule has 0 spiro atoms. The van der Waals surface area contributed by atoms with E-state index >= 15 is 0 Å². The van der Waals surface area contributed by atoms with Gasteiger partial charge in [-0.1, -0.05) is 12.8 Å². The third-order valence-electron chi connectivity index (χ3n) is 3.70. The van der Waals surface area contributed by atoms with Crippen LogP contribution in [0.25, 0.3) is 10.9 Å². The number of H-pyrrole nitrogens is 1. The van der Waals surface area contributed by atoms with Crippen LogP contribution in [0.4, 0.5) is 0 Å². The second kappa shape index (κ2) is 5.55. The van der Waals surface area contributed by atoms with E-state index < -0.39 is 6.04 Å². The van der Waals surface area contributed by atoms with Crippen molar-refractivity contribution < 1.29 is 14.3 Å². The molecule has 2 aromatic heterocycles. The third kappa shape index (κ3) is 3.04. The van der Waals surface area contributed by atoms with Gasteiger partial charge in [0.1, 0.15) is 12.0 Å². The number of amides is 1. The second-order valence-electron chi connectivity index (χ2n) is 5.39. The molecule has 0 aliphatic heterocycles. The van der Waals surface area contributed by atoms with Gasteiger partial charge in [-0.15, -0.1) is 0 Å². The van der Waals surface area contributed by atoms with Gasteiger partial charge in [-0.2, -0.15) is 0 Å². The quantitative estimate of drug-likeness (QED) is 0.791. The highest BCUT2D eigenvalue weighted by molar-refractivity contribution is 5.98. The molecule has 1 saturated carbocycles. The first-order valence-electron chi connectivity index (χ1n) is 6.98. The van der Waals surface area contributed by atoms with Gasteiger partial charge in [0.2, 0.25) is 5.88 Å². The Kier molecular flexibility index (Phi) is 3.60. The van der Waals surface area contributed by atoms with Crippen LogP contribution in [0, 0.1) is 5.92 Å². The summed E-state index contributed by atoms with van der Waals surface area (Å²) < 4.78 is 5.05. The van der Waals surface area contributed by atoms with Gasteiger partial charge in [0, 0.05) is 17.6 Å². The first-order valence-corrected chi connectivity index (χ1v) is 6.98. The van der Waals surface area contributed by atoms with Gasteiger partial charge in [-0.25, -0.2) is 4.98 Å². The largest absolute Gasteiger partial charge is 0.481 e. The Morgan fingerprint density at radius 2 is 2.38 bits per heavy atom. The Labute approximate surface area is 121 Å². The first kappa shape index (κ1) is 13.6. The van der Waals surface area contributed by atoms with E-state index in [4.69, 9.17) is 4.74 Å². The molecule has 110 valence electrons. The van der Waals surface area contributed by atoms with Crippen molar-refractivity contribution >= 4 is 23.1 Å². The molecule has 6 heteroatoms. The number of aldehydes is 1. The van der Waals surface area contributed by atoms with Gasteiger partial charge in [0.25, 0.3) is 5.91 Å². The maximum Gasteiger partial charge on any atom is 0.268 e. The van der Waals surface area contributed by atoms with Crippen LogP contribution in [0.5, 0.6) is 5.88 Å². The molecule has 2 heterocycles. The van der Waals surface area contributed by atoms with Crippen LogP contribution < -0.4 is 10.1 Å². The van der Waals surface area contributed by atoms with Crippen LogP contribution in [0.1, 0.15) is 29.8 Å². The number of pyridine rings is 1. The molecule has 1 aliphatic carbocycles. The standard InChI is InChI=1S/C15H17N3O3/c1-21-14-6-12-10(7-16-14)5-13(18-12)15(20)17-11(8-19)4-9-2-3-9/h5-9,11,18H,2-4H2,1H3,(H,17,20). The monoisotopic (exact) mass is 287 g/mol. The molecule has 1 amide bonds. The smallest absolute Gasteiger partial charge is 0.268 e. The SMILES string of the molecule is COc1cc2[nH]c(C(=O)NC(C=O)CC3CC3)cc2cn1. The molecule has 1 atom stereocenters. The van der Waals surface area contributed by atoms with Crippen molar-refractivity contribution in [2.45, 2.75) is 25.3 Å². The number of fused-ring (bicyclic) bond motifs is 1. The van der Waals surface area contributed by atoms with E-state index in [1.807, 2.05) is 0 Å². The summed E-state index contributed by atoms with van der Waals surface area (Å²) in [7, 11) is 1.54. The summed E-state index contributed by atoms with van der Waals surface area (Å²) in [4.78, 5) is 30.3. The summed E-state index contributed by atoms with van der Waals surface area (Å²) in [5, 5.41) is 3.58. The van der Waals surface area contributed by atoms with Gasteiger partial charge in [-0.05, 0) is 18.4 Å². The molecule has 0 radical (unpaired) electrons. The number of aromatic nitrogens is 2. The molecular formula is C15H17N3O3. The van der Waals surface area contributed by atoms with Crippen molar-refractivity contribution in [3.05, 3.63) is 24.0 Å². The molecule has 1 aliphatic rings. The Morgan fingerprint density at radius 1 is 1.57 bits per heavy atom. The fourth-order valence-electron chi connectivity index (χ4n) is 2.35. The van der Waals surface area contributed by atoms with Gasteiger partial charge >= 0.3 is 0 Å². The van der Waals surface area contributed by atoms with Gasteiger partial charge in [-0.3, -0.25) is 4.79 Å². The highest BCUT2D eigenvalue weighted by Crippen LogP contribution is 2.33. The topological polar surface area (TPSA) is 84.1 Å². The van der Waals surface area contributed by atoms with Crippen molar-refractivity contribution in [2.24, 2.45) is 5.92 Å². The predicted octanol–water partition coefficient (Wildman–Crippen LogP) is 1.67. The van der Waals surface area contributed by atoms with Crippen molar-refractivity contribution in [2.75, 3.05) is 7.11 Å². The second-order valence-corrected chi connectivity index (χ2v) is 5.39. The lowest BCUT2D eigenvalue weighted by Crippen LogP contribution is -2.36. The Bertz CT molecular complexity index is 676. The number of aromatic amines is 1. The van der Waals surface area contributed by atoms with Crippen LogP contribution in [-0.2, 0) is 4.79 Å². The zero-order valence-corrected chi connectivity index (χ0v) is 11.8. The average Bonchev–Trinajstić information content (AvgIpc) is 3.21. The zero-order chi connectivity index (χ0) is 14.8. The summed E-state index contributed by atoms with van der Waals surface area (Å²) in [5.41, 5.74) is 1.19. The summed E-state index contributed by atoms with van der Waals surface area (Å²) in [5.74, 6) is 0.787. The highest BCUT2D eigenvalue weighted by atomic mass is 16.5. The summed E-state index contributed by atoms with van der Waals surface area (Å²) in [6.45, 7) is 0. The van der Waals surface area contributed by atoms with Crippen LogP contribution in [-0.4, -0.2) is 35.3 Å². The number of carbonyl (C=O) groups is 2. The van der Waals surface area contributed by atoms with E-state index in [0.29, 0.717) is 17.5 Å². The molecule has 6 nitrogen and oxygen atoms in total. The van der Waals surface area contributed by atoms with Crippen LogP contribution in [0.3, 0.4) is 0 Å². The van der Waals surface area contributed by atoms with E-state index in [-0.39, 0.29) is 5.91 Å². The molecule has 0 saturated heterocycles. The van der Waals surface area contributed by atoms with Crippen LogP contribution in [0.15, 0.2) is 18.3 Å². The minimum Gasteiger partial charge on any atom is -0.481 e. The van der Waals surface area contributed by atoms with E-state index in [9.17, 15) is 9.59 Å². The fourth-order valence-corrected chi connectivity index (χ4v) is 2.35. The molecule has 0 aromatic carbocycles. The molecule has 0 bridgehead atoms. The zero-order valence-electron chi connectivity index (χ0n) is 11.8. The van der Waals surface area contributed by atoms with Crippen molar-refractivity contribution in [1.29, 1.82) is 0 Å². The van der Waals surface area contributed by atoms with E-state index in [2.05, 4.69) is 15.3 Å². The number of hydrogen-bond donors (Lipinski definition) is 2.